The summed E-state index contributed by atoms with van der Waals surface area (Å²) in [6, 6.07) is 0.0240. The number of likely N-dealkylation sites (N-methyl/N-ethyl adjacent to an activating group) is 1. The van der Waals surface area contributed by atoms with E-state index in [1.807, 2.05) is 6.92 Å². The standard InChI is InChI=1S/C11H22N6O2S/c1-2-12-7-10-5-3-4-6-17(10)20(18,19)15-8-11-13-9-14-16-11/h9-10,12,15H,2-8H2,1H3,(H,13,14,16). The maximum Gasteiger partial charge on any atom is 0.280 e. The number of nitrogens with one attached hydrogen (secondary N) is 3. The van der Waals surface area contributed by atoms with Crippen molar-refractivity contribution < 1.29 is 8.42 Å². The number of hydrogen-bond donors (Lipinski definition) is 3. The van der Waals surface area contributed by atoms with Crippen molar-refractivity contribution in [2.45, 2.75) is 38.8 Å². The molecule has 0 saturated carbocycles. The molecule has 3 N–H and O–H groups in total. The molecule has 0 radical (unpaired) electrons. The molecule has 1 fully saturated rings. The molecule has 114 valence electrons. The van der Waals surface area contributed by atoms with Gasteiger partial charge >= 0.3 is 0 Å². The highest BCUT2D eigenvalue weighted by molar-refractivity contribution is 7.87. The average Bonchev–Trinajstić information content (AvgIpc) is 2.97. The van der Waals surface area contributed by atoms with Gasteiger partial charge in [-0.3, -0.25) is 5.10 Å². The van der Waals surface area contributed by atoms with Gasteiger partial charge in [0.1, 0.15) is 12.2 Å². The third-order valence-electron chi connectivity index (χ3n) is 3.40. The summed E-state index contributed by atoms with van der Waals surface area (Å²) in [6.07, 6.45) is 4.24. The maximum atomic E-state index is 12.4. The molecule has 0 spiro atoms. The maximum absolute atomic E-state index is 12.4. The first-order valence-electron chi connectivity index (χ1n) is 6.95. The lowest BCUT2D eigenvalue weighted by Gasteiger charge is -2.34. The van der Waals surface area contributed by atoms with Crippen molar-refractivity contribution in [1.29, 1.82) is 0 Å². The van der Waals surface area contributed by atoms with Gasteiger partial charge in [0.2, 0.25) is 0 Å². The SMILES string of the molecule is CCNCC1CCCCN1S(=O)(=O)NCc1ncn[nH]1. The minimum absolute atomic E-state index is 0.0240. The van der Waals surface area contributed by atoms with Crippen LogP contribution in [0.4, 0.5) is 0 Å². The summed E-state index contributed by atoms with van der Waals surface area (Å²) in [4.78, 5) is 3.91. The molecule has 2 rings (SSSR count). The predicted molar refractivity (Wildman–Crippen MR) is 75.0 cm³/mol. The van der Waals surface area contributed by atoms with Crippen molar-refractivity contribution >= 4 is 10.2 Å². The van der Waals surface area contributed by atoms with Crippen LogP contribution in [0.25, 0.3) is 0 Å². The minimum Gasteiger partial charge on any atom is -0.315 e. The second kappa shape index (κ2) is 7.11. The van der Waals surface area contributed by atoms with E-state index in [0.717, 1.165) is 25.8 Å². The van der Waals surface area contributed by atoms with E-state index in [0.29, 0.717) is 18.9 Å². The Morgan fingerprint density at radius 1 is 1.50 bits per heavy atom. The summed E-state index contributed by atoms with van der Waals surface area (Å²) < 4.78 is 28.9. The molecule has 1 aliphatic heterocycles. The zero-order chi connectivity index (χ0) is 14.4. The normalized spacial score (nSPS) is 21.1. The molecule has 1 aliphatic rings. The Morgan fingerprint density at radius 3 is 3.05 bits per heavy atom. The number of nitrogens with zero attached hydrogens (tertiary/aromatic N) is 3. The first-order chi connectivity index (χ1) is 9.63. The highest BCUT2D eigenvalue weighted by Gasteiger charge is 2.31. The van der Waals surface area contributed by atoms with Crippen LogP contribution in [-0.4, -0.2) is 53.6 Å². The molecule has 8 nitrogen and oxygen atoms in total. The van der Waals surface area contributed by atoms with Gasteiger partial charge < -0.3 is 5.32 Å². The molecule has 0 amide bonds. The van der Waals surface area contributed by atoms with Crippen LogP contribution in [0.2, 0.25) is 0 Å². The highest BCUT2D eigenvalue weighted by Crippen LogP contribution is 2.19. The molecule has 1 saturated heterocycles. The van der Waals surface area contributed by atoms with Crippen LogP contribution in [-0.2, 0) is 16.8 Å². The number of rotatable bonds is 7. The first kappa shape index (κ1) is 15.4. The van der Waals surface area contributed by atoms with E-state index >= 15 is 0 Å². The van der Waals surface area contributed by atoms with Crippen LogP contribution in [0.5, 0.6) is 0 Å². The van der Waals surface area contributed by atoms with Crippen LogP contribution in [0, 0.1) is 0 Å². The van der Waals surface area contributed by atoms with E-state index in [-0.39, 0.29) is 12.6 Å². The minimum atomic E-state index is -3.48. The molecule has 1 aromatic rings. The largest absolute Gasteiger partial charge is 0.315 e. The van der Waals surface area contributed by atoms with E-state index in [2.05, 4.69) is 25.2 Å². The number of aromatic nitrogens is 3. The van der Waals surface area contributed by atoms with Gasteiger partial charge in [0.05, 0.1) is 6.54 Å². The molecular weight excluding hydrogens is 280 g/mol. The molecule has 0 aliphatic carbocycles. The quantitative estimate of drug-likeness (QED) is 0.636. The Kier molecular flexibility index (Phi) is 5.46. The van der Waals surface area contributed by atoms with Crippen molar-refractivity contribution in [1.82, 2.24) is 29.5 Å². The van der Waals surface area contributed by atoms with Crippen molar-refractivity contribution in [3.63, 3.8) is 0 Å². The van der Waals surface area contributed by atoms with Crippen molar-refractivity contribution in [2.24, 2.45) is 0 Å². The van der Waals surface area contributed by atoms with Gasteiger partial charge in [-0.2, -0.15) is 22.5 Å². The topological polar surface area (TPSA) is 103 Å². The van der Waals surface area contributed by atoms with Crippen LogP contribution < -0.4 is 10.0 Å². The monoisotopic (exact) mass is 302 g/mol. The third-order valence-corrected chi connectivity index (χ3v) is 5.01. The molecule has 2 heterocycles. The summed E-state index contributed by atoms with van der Waals surface area (Å²) >= 11 is 0. The summed E-state index contributed by atoms with van der Waals surface area (Å²) in [5, 5.41) is 9.56. The van der Waals surface area contributed by atoms with Gasteiger partial charge in [-0.15, -0.1) is 0 Å². The lowest BCUT2D eigenvalue weighted by atomic mass is 10.1. The predicted octanol–water partition coefficient (Wildman–Crippen LogP) is -0.397. The Bertz CT molecular complexity index is 489. The van der Waals surface area contributed by atoms with Gasteiger partial charge in [-0.25, -0.2) is 4.98 Å². The Labute approximate surface area is 119 Å². The van der Waals surface area contributed by atoms with Gasteiger partial charge in [-0.05, 0) is 19.4 Å². The molecule has 1 unspecified atom stereocenters. The Morgan fingerprint density at radius 2 is 2.35 bits per heavy atom. The highest BCUT2D eigenvalue weighted by atomic mass is 32.2. The van der Waals surface area contributed by atoms with E-state index in [1.165, 1.54) is 6.33 Å². The Hall–Kier alpha value is -1.03. The second-order valence-corrected chi connectivity index (χ2v) is 6.53. The number of piperidine rings is 1. The van der Waals surface area contributed by atoms with Gasteiger partial charge in [0, 0.05) is 19.1 Å². The summed E-state index contributed by atoms with van der Waals surface area (Å²) in [7, 11) is -3.48. The molecule has 0 bridgehead atoms. The fourth-order valence-corrected chi connectivity index (χ4v) is 3.79. The second-order valence-electron chi connectivity index (χ2n) is 4.83. The fraction of sp³-hybridized carbons (Fsp3) is 0.818. The summed E-state index contributed by atoms with van der Waals surface area (Å²) in [5.41, 5.74) is 0. The van der Waals surface area contributed by atoms with Crippen molar-refractivity contribution in [3.05, 3.63) is 12.2 Å². The van der Waals surface area contributed by atoms with E-state index < -0.39 is 10.2 Å². The lowest BCUT2D eigenvalue weighted by molar-refractivity contribution is 0.243. The zero-order valence-corrected chi connectivity index (χ0v) is 12.5. The van der Waals surface area contributed by atoms with Crippen LogP contribution >= 0.6 is 0 Å². The molecule has 1 atom stereocenters. The molecule has 20 heavy (non-hydrogen) atoms. The van der Waals surface area contributed by atoms with Crippen molar-refractivity contribution in [2.75, 3.05) is 19.6 Å². The molecular formula is C11H22N6O2S. The van der Waals surface area contributed by atoms with E-state index in [9.17, 15) is 8.42 Å². The van der Waals surface area contributed by atoms with E-state index in [4.69, 9.17) is 0 Å². The number of aromatic amines is 1. The smallest absolute Gasteiger partial charge is 0.280 e. The first-order valence-corrected chi connectivity index (χ1v) is 8.39. The number of H-pyrrole nitrogens is 1. The van der Waals surface area contributed by atoms with Gasteiger partial charge in [0.25, 0.3) is 10.2 Å². The summed E-state index contributed by atoms with van der Waals surface area (Å²) in [5.74, 6) is 0.508. The molecule has 0 aromatic carbocycles. The fourth-order valence-electron chi connectivity index (χ4n) is 2.36. The number of hydrogen-bond acceptors (Lipinski definition) is 5. The molecule has 9 heteroatoms. The average molecular weight is 302 g/mol. The lowest BCUT2D eigenvalue weighted by Crippen LogP contribution is -2.52. The van der Waals surface area contributed by atoms with E-state index in [1.54, 1.807) is 4.31 Å². The third kappa shape index (κ3) is 3.98. The van der Waals surface area contributed by atoms with Gasteiger partial charge in [-0.1, -0.05) is 13.3 Å². The van der Waals surface area contributed by atoms with Crippen LogP contribution in [0.1, 0.15) is 32.0 Å². The van der Waals surface area contributed by atoms with Crippen molar-refractivity contribution in [3.8, 4) is 0 Å². The summed E-state index contributed by atoms with van der Waals surface area (Å²) in [6.45, 7) is 4.26. The van der Waals surface area contributed by atoms with Crippen LogP contribution in [0.3, 0.4) is 0 Å². The molecule has 1 aromatic heterocycles. The zero-order valence-electron chi connectivity index (χ0n) is 11.7. The van der Waals surface area contributed by atoms with Gasteiger partial charge in [0.15, 0.2) is 0 Å². The van der Waals surface area contributed by atoms with Crippen LogP contribution in [0.15, 0.2) is 6.33 Å². The Balaban J connectivity index is 1.97.